The molecule has 0 spiro atoms. The molecule has 0 aliphatic heterocycles. The zero-order valence-electron chi connectivity index (χ0n) is 48.1. The number of amides is 1. The number of hydrogen-bond donors (Lipinski definition) is 3. The number of aliphatic hydroxyl groups is 2. The van der Waals surface area contributed by atoms with Crippen LogP contribution in [0.1, 0.15) is 373 Å². The fourth-order valence-electron chi connectivity index (χ4n) is 10.5. The third-order valence-electron chi connectivity index (χ3n) is 15.4. The molecule has 0 aromatic carbocycles. The highest BCUT2D eigenvalue weighted by Crippen LogP contribution is 2.18. The largest absolute Gasteiger partial charge is 0.394 e. The monoisotopic (exact) mass is 984 g/mol. The molecule has 0 aromatic rings. The molecule has 0 fully saturated rings. The molecule has 2 atom stereocenters. The van der Waals surface area contributed by atoms with Crippen LogP contribution in [-0.4, -0.2) is 34.9 Å². The predicted molar refractivity (Wildman–Crippen MR) is 313 cm³/mol. The van der Waals surface area contributed by atoms with E-state index in [4.69, 9.17) is 0 Å². The van der Waals surface area contributed by atoms with E-state index in [0.717, 1.165) is 25.7 Å². The van der Waals surface area contributed by atoms with E-state index in [1.165, 1.54) is 327 Å². The lowest BCUT2D eigenvalue weighted by molar-refractivity contribution is -0.123. The Morgan fingerprint density at radius 1 is 0.329 bits per heavy atom. The molecule has 0 rings (SSSR count). The van der Waals surface area contributed by atoms with Gasteiger partial charge in [0.15, 0.2) is 0 Å². The zero-order chi connectivity index (χ0) is 50.6. The molecule has 70 heavy (non-hydrogen) atoms. The first-order valence-corrected chi connectivity index (χ1v) is 32.6. The van der Waals surface area contributed by atoms with Gasteiger partial charge in [-0.05, 0) is 44.9 Å². The number of aliphatic hydroxyl groups excluding tert-OH is 2. The summed E-state index contributed by atoms with van der Waals surface area (Å²) in [5, 5.41) is 23.2. The molecule has 2 unspecified atom stereocenters. The minimum absolute atomic E-state index is 0.0562. The molecule has 3 N–H and O–H groups in total. The second kappa shape index (κ2) is 62.2. The van der Waals surface area contributed by atoms with Gasteiger partial charge in [-0.2, -0.15) is 0 Å². The van der Waals surface area contributed by atoms with Gasteiger partial charge in [-0.25, -0.2) is 0 Å². The van der Waals surface area contributed by atoms with Crippen LogP contribution in [0, 0.1) is 0 Å². The quantitative estimate of drug-likeness (QED) is 0.0420. The third kappa shape index (κ3) is 57.8. The van der Waals surface area contributed by atoms with Crippen LogP contribution in [-0.2, 0) is 4.79 Å². The molecule has 0 aliphatic rings. The zero-order valence-corrected chi connectivity index (χ0v) is 48.1. The lowest BCUT2D eigenvalue weighted by Crippen LogP contribution is -2.45. The average Bonchev–Trinajstić information content (AvgIpc) is 3.36. The molecule has 4 heteroatoms. The Bertz CT molecular complexity index is 1020. The molecule has 0 aliphatic carbocycles. The van der Waals surface area contributed by atoms with Crippen LogP contribution in [0.25, 0.3) is 0 Å². The summed E-state index contributed by atoms with van der Waals surface area (Å²) >= 11 is 0. The van der Waals surface area contributed by atoms with Gasteiger partial charge in [0.25, 0.3) is 0 Å². The SMILES string of the molecule is CCCCCCCCCCCCCCCCCC/C=C\CCCCCCCCCCCCCCCCCCCC(=O)NC(CO)C(O)/C=C/CCCCCCCCCCCCCCCCCCCCC. The Hall–Kier alpha value is -1.13. The summed E-state index contributed by atoms with van der Waals surface area (Å²) in [6.45, 7) is 4.36. The maximum absolute atomic E-state index is 12.5. The van der Waals surface area contributed by atoms with Gasteiger partial charge >= 0.3 is 0 Å². The van der Waals surface area contributed by atoms with Gasteiger partial charge in [0.05, 0.1) is 18.8 Å². The lowest BCUT2D eigenvalue weighted by atomic mass is 10.0. The molecule has 0 saturated carbocycles. The van der Waals surface area contributed by atoms with Crippen molar-refractivity contribution in [2.75, 3.05) is 6.61 Å². The standard InChI is InChI=1S/C66H129NO3/c1-3-5-7-9-11-13-15-17-19-21-23-25-26-27-28-29-30-31-32-33-34-35-36-37-38-39-40-42-44-46-48-50-52-54-56-58-60-62-66(70)67-64(63-68)65(69)61-59-57-55-53-51-49-47-45-43-41-24-22-20-18-16-14-12-10-8-6-4-2/h31-32,59,61,64-65,68-69H,3-30,33-58,60,62-63H2,1-2H3,(H,67,70)/b32-31-,61-59+. The fraction of sp³-hybridized carbons (Fsp3) is 0.924. The summed E-state index contributed by atoms with van der Waals surface area (Å²) < 4.78 is 0. The number of carbonyl (C=O) groups excluding carboxylic acids is 1. The van der Waals surface area contributed by atoms with Gasteiger partial charge in [0.1, 0.15) is 0 Å². The molecule has 0 heterocycles. The highest BCUT2D eigenvalue weighted by molar-refractivity contribution is 5.76. The molecular formula is C66H129NO3. The summed E-state index contributed by atoms with van der Waals surface area (Å²) in [6, 6.07) is -0.621. The number of allylic oxidation sites excluding steroid dienone is 3. The Morgan fingerprint density at radius 3 is 0.786 bits per heavy atom. The first kappa shape index (κ1) is 68.9. The van der Waals surface area contributed by atoms with Crippen molar-refractivity contribution in [3.05, 3.63) is 24.3 Å². The number of rotatable bonds is 61. The van der Waals surface area contributed by atoms with Gasteiger partial charge in [-0.15, -0.1) is 0 Å². The van der Waals surface area contributed by atoms with Gasteiger partial charge in [-0.3, -0.25) is 4.79 Å². The summed E-state index contributed by atoms with van der Waals surface area (Å²) in [7, 11) is 0. The lowest BCUT2D eigenvalue weighted by Gasteiger charge is -2.20. The molecule has 0 aromatic heterocycles. The van der Waals surface area contributed by atoms with Crippen molar-refractivity contribution in [2.24, 2.45) is 0 Å². The Labute approximate surface area is 440 Å². The van der Waals surface area contributed by atoms with E-state index in [1.54, 1.807) is 6.08 Å². The normalized spacial score (nSPS) is 12.8. The summed E-state index contributed by atoms with van der Waals surface area (Å²) in [6.07, 6.45) is 83.9. The van der Waals surface area contributed by atoms with Crippen molar-refractivity contribution >= 4 is 5.91 Å². The van der Waals surface area contributed by atoms with Crippen LogP contribution >= 0.6 is 0 Å². The van der Waals surface area contributed by atoms with Crippen molar-refractivity contribution in [2.45, 2.75) is 386 Å². The minimum Gasteiger partial charge on any atom is -0.394 e. The van der Waals surface area contributed by atoms with Crippen LogP contribution < -0.4 is 5.32 Å². The van der Waals surface area contributed by atoms with E-state index in [2.05, 4.69) is 31.3 Å². The molecule has 0 radical (unpaired) electrons. The van der Waals surface area contributed by atoms with Crippen molar-refractivity contribution < 1.29 is 15.0 Å². The topological polar surface area (TPSA) is 69.6 Å². The van der Waals surface area contributed by atoms with E-state index in [1.807, 2.05) is 6.08 Å². The van der Waals surface area contributed by atoms with Gasteiger partial charge < -0.3 is 15.5 Å². The van der Waals surface area contributed by atoms with E-state index in [-0.39, 0.29) is 12.5 Å². The maximum Gasteiger partial charge on any atom is 0.220 e. The maximum atomic E-state index is 12.5. The Morgan fingerprint density at radius 2 is 0.543 bits per heavy atom. The number of nitrogens with one attached hydrogen (secondary N) is 1. The van der Waals surface area contributed by atoms with Crippen molar-refractivity contribution in [3.8, 4) is 0 Å². The highest BCUT2D eigenvalue weighted by atomic mass is 16.3. The number of hydrogen-bond acceptors (Lipinski definition) is 3. The molecule has 416 valence electrons. The van der Waals surface area contributed by atoms with Crippen LogP contribution in [0.15, 0.2) is 24.3 Å². The first-order chi connectivity index (χ1) is 34.7. The fourth-order valence-corrected chi connectivity index (χ4v) is 10.5. The third-order valence-corrected chi connectivity index (χ3v) is 15.4. The minimum atomic E-state index is -0.838. The van der Waals surface area contributed by atoms with Gasteiger partial charge in [-0.1, -0.05) is 346 Å². The van der Waals surface area contributed by atoms with Gasteiger partial charge in [0.2, 0.25) is 5.91 Å². The van der Waals surface area contributed by atoms with Crippen LogP contribution in [0.2, 0.25) is 0 Å². The molecule has 0 saturated heterocycles. The Balaban J connectivity index is 3.40. The summed E-state index contributed by atoms with van der Waals surface area (Å²) in [5.74, 6) is -0.0562. The Kier molecular flexibility index (Phi) is 61.2. The molecule has 4 nitrogen and oxygen atoms in total. The van der Waals surface area contributed by atoms with Crippen LogP contribution in [0.4, 0.5) is 0 Å². The van der Waals surface area contributed by atoms with Crippen LogP contribution in [0.3, 0.4) is 0 Å². The van der Waals surface area contributed by atoms with Crippen molar-refractivity contribution in [3.63, 3.8) is 0 Å². The van der Waals surface area contributed by atoms with E-state index < -0.39 is 12.1 Å². The second-order valence-electron chi connectivity index (χ2n) is 22.5. The number of carbonyl (C=O) groups is 1. The van der Waals surface area contributed by atoms with E-state index in [9.17, 15) is 15.0 Å². The van der Waals surface area contributed by atoms with Crippen molar-refractivity contribution in [1.82, 2.24) is 5.32 Å². The molecule has 0 bridgehead atoms. The smallest absolute Gasteiger partial charge is 0.220 e. The van der Waals surface area contributed by atoms with E-state index >= 15 is 0 Å². The molecule has 1 amide bonds. The summed E-state index contributed by atoms with van der Waals surface area (Å²) in [4.78, 5) is 12.5. The number of unbranched alkanes of at least 4 members (excludes halogenated alkanes) is 52. The second-order valence-corrected chi connectivity index (χ2v) is 22.5. The van der Waals surface area contributed by atoms with Crippen LogP contribution in [0.5, 0.6) is 0 Å². The van der Waals surface area contributed by atoms with Gasteiger partial charge in [0, 0.05) is 6.42 Å². The highest BCUT2D eigenvalue weighted by Gasteiger charge is 2.18. The first-order valence-electron chi connectivity index (χ1n) is 32.6. The predicted octanol–water partition coefficient (Wildman–Crippen LogP) is 21.8. The summed E-state index contributed by atoms with van der Waals surface area (Å²) in [5.41, 5.74) is 0. The molecular weight excluding hydrogens is 855 g/mol. The van der Waals surface area contributed by atoms with E-state index in [0.29, 0.717) is 6.42 Å². The average molecular weight is 985 g/mol. The van der Waals surface area contributed by atoms with Crippen molar-refractivity contribution in [1.29, 1.82) is 0 Å².